The van der Waals surface area contributed by atoms with E-state index in [1.807, 2.05) is 0 Å². The maximum Gasteiger partial charge on any atom is 0.326 e. The topological polar surface area (TPSA) is 72.6 Å². The highest BCUT2D eigenvalue weighted by Crippen LogP contribution is 2.47. The van der Waals surface area contributed by atoms with Crippen molar-refractivity contribution in [2.45, 2.75) is 18.1 Å². The van der Waals surface area contributed by atoms with Crippen molar-refractivity contribution < 1.29 is 14.6 Å². The molecule has 0 bridgehead atoms. The summed E-state index contributed by atoms with van der Waals surface area (Å²) in [7, 11) is 0. The Labute approximate surface area is 58.0 Å². The summed E-state index contributed by atoms with van der Waals surface area (Å²) in [5, 5.41) is 8.66. The van der Waals surface area contributed by atoms with Gasteiger partial charge in [0.05, 0.1) is 12.7 Å². The minimum Gasteiger partial charge on any atom is -0.480 e. The molecule has 4 heteroatoms. The van der Waals surface area contributed by atoms with Crippen molar-refractivity contribution in [2.24, 2.45) is 11.7 Å². The van der Waals surface area contributed by atoms with Crippen molar-refractivity contribution in [3.05, 3.63) is 0 Å². The Morgan fingerprint density at radius 1 is 1.80 bits per heavy atom. The lowest BCUT2D eigenvalue weighted by molar-refractivity contribution is -0.144. The van der Waals surface area contributed by atoms with Gasteiger partial charge in [-0.3, -0.25) is 4.79 Å². The van der Waals surface area contributed by atoms with Gasteiger partial charge in [0, 0.05) is 5.92 Å². The largest absolute Gasteiger partial charge is 0.480 e. The van der Waals surface area contributed by atoms with E-state index < -0.39 is 11.5 Å². The van der Waals surface area contributed by atoms with Crippen LogP contribution in [0.3, 0.4) is 0 Å². The van der Waals surface area contributed by atoms with E-state index in [-0.39, 0.29) is 18.6 Å². The molecule has 0 aromatic carbocycles. The van der Waals surface area contributed by atoms with E-state index in [0.717, 1.165) is 6.42 Å². The van der Waals surface area contributed by atoms with Crippen molar-refractivity contribution in [3.63, 3.8) is 0 Å². The molecule has 3 N–H and O–H groups in total. The molecule has 1 heterocycles. The van der Waals surface area contributed by atoms with Gasteiger partial charge in [0.2, 0.25) is 0 Å². The summed E-state index contributed by atoms with van der Waals surface area (Å²) in [5.41, 5.74) is 4.48. The molecule has 0 unspecified atom stereocenters. The van der Waals surface area contributed by atoms with Crippen LogP contribution in [-0.4, -0.2) is 29.3 Å². The van der Waals surface area contributed by atoms with E-state index in [2.05, 4.69) is 0 Å². The molecule has 2 rings (SSSR count). The number of carboxylic acid groups (broad SMARTS) is 1. The molecule has 0 spiro atoms. The molecule has 1 saturated carbocycles. The Bertz CT molecular complexity index is 193. The summed E-state index contributed by atoms with van der Waals surface area (Å²) in [6.07, 6.45) is 0.962. The van der Waals surface area contributed by atoms with Crippen molar-refractivity contribution in [1.82, 2.24) is 0 Å². The number of carbonyl (C=O) groups is 1. The molecule has 3 atom stereocenters. The molecule has 1 aliphatic heterocycles. The van der Waals surface area contributed by atoms with Crippen LogP contribution in [-0.2, 0) is 9.53 Å². The monoisotopic (exact) mass is 143 g/mol. The van der Waals surface area contributed by atoms with Gasteiger partial charge in [-0.2, -0.15) is 0 Å². The second-order valence-corrected chi connectivity index (χ2v) is 3.04. The number of rotatable bonds is 1. The first-order valence-corrected chi connectivity index (χ1v) is 3.28. The van der Waals surface area contributed by atoms with Gasteiger partial charge >= 0.3 is 5.97 Å². The van der Waals surface area contributed by atoms with Crippen LogP contribution in [0.1, 0.15) is 6.42 Å². The highest BCUT2D eigenvalue weighted by molar-refractivity contribution is 5.80. The lowest BCUT2D eigenvalue weighted by Gasteiger charge is -2.17. The molecule has 2 fully saturated rings. The third-order valence-electron chi connectivity index (χ3n) is 2.33. The fourth-order valence-corrected chi connectivity index (χ4v) is 1.47. The predicted octanol–water partition coefficient (Wildman–Crippen LogP) is -0.813. The van der Waals surface area contributed by atoms with E-state index >= 15 is 0 Å². The average Bonchev–Trinajstić information content (AvgIpc) is 2.56. The van der Waals surface area contributed by atoms with Crippen molar-refractivity contribution in [3.8, 4) is 0 Å². The van der Waals surface area contributed by atoms with Crippen LogP contribution in [0.25, 0.3) is 0 Å². The van der Waals surface area contributed by atoms with Crippen LogP contribution in [0.15, 0.2) is 0 Å². The molecule has 0 amide bonds. The van der Waals surface area contributed by atoms with Gasteiger partial charge in [-0.15, -0.1) is 0 Å². The normalized spacial score (nSPS) is 50.5. The lowest BCUT2D eigenvalue weighted by atomic mass is 9.98. The van der Waals surface area contributed by atoms with Crippen LogP contribution in [0.5, 0.6) is 0 Å². The fraction of sp³-hybridized carbons (Fsp3) is 0.833. The first kappa shape index (κ1) is 6.12. The van der Waals surface area contributed by atoms with Crippen molar-refractivity contribution in [1.29, 1.82) is 0 Å². The summed E-state index contributed by atoms with van der Waals surface area (Å²) in [5.74, 6) is -0.859. The fourth-order valence-electron chi connectivity index (χ4n) is 1.47. The Morgan fingerprint density at radius 3 is 2.70 bits per heavy atom. The zero-order valence-corrected chi connectivity index (χ0v) is 5.41. The van der Waals surface area contributed by atoms with Gasteiger partial charge in [-0.1, -0.05) is 0 Å². The third kappa shape index (κ3) is 0.552. The van der Waals surface area contributed by atoms with Crippen molar-refractivity contribution in [2.75, 3.05) is 6.61 Å². The molecular formula is C6H9NO3. The number of hydrogen-bond donors (Lipinski definition) is 2. The Kier molecular flexibility index (Phi) is 0.928. The lowest BCUT2D eigenvalue weighted by Crippen LogP contribution is -2.51. The zero-order valence-electron chi connectivity index (χ0n) is 5.41. The average molecular weight is 143 g/mol. The quantitative estimate of drug-likeness (QED) is 0.503. The van der Waals surface area contributed by atoms with Crippen LogP contribution in [0.2, 0.25) is 0 Å². The van der Waals surface area contributed by atoms with Gasteiger partial charge in [0.1, 0.15) is 5.54 Å². The summed E-state index contributed by atoms with van der Waals surface area (Å²) in [4.78, 5) is 10.6. The van der Waals surface area contributed by atoms with E-state index in [0.29, 0.717) is 0 Å². The highest BCUT2D eigenvalue weighted by Gasteiger charge is 2.61. The molecule has 0 aromatic rings. The Hall–Kier alpha value is -0.610. The molecule has 0 aromatic heterocycles. The highest BCUT2D eigenvalue weighted by atomic mass is 16.5. The number of ether oxygens (including phenoxy) is 1. The summed E-state index contributed by atoms with van der Waals surface area (Å²) in [6.45, 7) is 0.178. The van der Waals surface area contributed by atoms with Gasteiger partial charge in [0.25, 0.3) is 0 Å². The number of carboxylic acids is 1. The number of aliphatic carboxylic acids is 1. The predicted molar refractivity (Wildman–Crippen MR) is 32.4 cm³/mol. The molecule has 1 saturated heterocycles. The van der Waals surface area contributed by atoms with E-state index in [9.17, 15) is 4.79 Å². The molecule has 0 radical (unpaired) electrons. The Balaban J connectivity index is 2.21. The van der Waals surface area contributed by atoms with E-state index in [1.165, 1.54) is 0 Å². The Morgan fingerprint density at radius 2 is 2.50 bits per heavy atom. The summed E-state index contributed by atoms with van der Waals surface area (Å²) in [6, 6.07) is 0. The van der Waals surface area contributed by atoms with Crippen LogP contribution in [0, 0.1) is 5.92 Å². The first-order chi connectivity index (χ1) is 4.64. The minimum atomic E-state index is -1.08. The maximum absolute atomic E-state index is 10.6. The molecule has 10 heavy (non-hydrogen) atoms. The molecule has 56 valence electrons. The smallest absolute Gasteiger partial charge is 0.326 e. The van der Waals surface area contributed by atoms with E-state index in [1.54, 1.807) is 0 Å². The maximum atomic E-state index is 10.6. The standard InChI is InChI=1S/C6H9NO3/c7-6(5(8)9)2-10-4-1-3(4)6/h3-4H,1-2,7H2,(H,8,9)/t3-,4+,6+/m1/s1. The number of nitrogens with two attached hydrogens (primary N) is 1. The van der Waals surface area contributed by atoms with Gasteiger partial charge < -0.3 is 15.6 Å². The molecule has 4 nitrogen and oxygen atoms in total. The van der Waals surface area contributed by atoms with Crippen LogP contribution < -0.4 is 5.73 Å². The van der Waals surface area contributed by atoms with Gasteiger partial charge in [-0.05, 0) is 6.42 Å². The second-order valence-electron chi connectivity index (χ2n) is 3.04. The third-order valence-corrected chi connectivity index (χ3v) is 2.33. The SMILES string of the molecule is N[C@@]1(C(=O)O)CO[C@H]2C[C@H]21. The number of hydrogen-bond acceptors (Lipinski definition) is 3. The minimum absolute atomic E-state index is 0.0741. The molecule has 1 aliphatic carbocycles. The summed E-state index contributed by atoms with van der Waals surface area (Å²) < 4.78 is 5.10. The zero-order chi connectivity index (χ0) is 7.35. The van der Waals surface area contributed by atoms with Crippen molar-refractivity contribution >= 4 is 5.97 Å². The van der Waals surface area contributed by atoms with Crippen LogP contribution in [0.4, 0.5) is 0 Å². The summed E-state index contributed by atoms with van der Waals surface area (Å²) >= 11 is 0. The first-order valence-electron chi connectivity index (χ1n) is 3.28. The molecule has 2 aliphatic rings. The van der Waals surface area contributed by atoms with Gasteiger partial charge in [0.15, 0.2) is 0 Å². The number of fused-ring (bicyclic) bond motifs is 1. The van der Waals surface area contributed by atoms with Crippen LogP contribution >= 0.6 is 0 Å². The van der Waals surface area contributed by atoms with Gasteiger partial charge in [-0.25, -0.2) is 0 Å². The second kappa shape index (κ2) is 1.52. The van der Waals surface area contributed by atoms with E-state index in [4.69, 9.17) is 15.6 Å². The molecular weight excluding hydrogens is 134 g/mol.